The molecule has 0 spiro atoms. The number of aromatic amines is 1. The average Bonchev–Trinajstić information content (AvgIpc) is 3.31. The van der Waals surface area contributed by atoms with Crippen LogP contribution in [0.5, 0.6) is 0 Å². The lowest BCUT2D eigenvalue weighted by atomic mass is 10.1. The zero-order valence-corrected chi connectivity index (χ0v) is 22.0. The molecule has 0 amide bonds. The summed E-state index contributed by atoms with van der Waals surface area (Å²) in [5, 5.41) is 1.56. The van der Waals surface area contributed by atoms with Crippen LogP contribution in [0.2, 0.25) is 5.02 Å². The Bertz CT molecular complexity index is 1500. The Morgan fingerprint density at radius 3 is 2.76 bits per heavy atom. The summed E-state index contributed by atoms with van der Waals surface area (Å²) < 4.78 is 12.4. The molecule has 9 heteroatoms. The van der Waals surface area contributed by atoms with E-state index in [1.54, 1.807) is 17.7 Å². The highest BCUT2D eigenvalue weighted by Gasteiger charge is 2.16. The summed E-state index contributed by atoms with van der Waals surface area (Å²) >= 11 is 6.41. The fourth-order valence-corrected chi connectivity index (χ4v) is 4.90. The molecular formula is C28H30ClN5O3. The molecule has 4 aromatic rings. The molecule has 1 saturated heterocycles. The van der Waals surface area contributed by atoms with Gasteiger partial charge in [0.1, 0.15) is 5.65 Å². The molecule has 1 fully saturated rings. The largest absolute Gasteiger partial charge is 0.382 e. The van der Waals surface area contributed by atoms with Gasteiger partial charge in [-0.2, -0.15) is 0 Å². The molecule has 1 aromatic carbocycles. The van der Waals surface area contributed by atoms with Crippen LogP contribution in [0.3, 0.4) is 0 Å². The fourth-order valence-electron chi connectivity index (χ4n) is 4.64. The van der Waals surface area contributed by atoms with E-state index < -0.39 is 0 Å². The highest BCUT2D eigenvalue weighted by atomic mass is 35.5. The van der Waals surface area contributed by atoms with Crippen molar-refractivity contribution in [3.05, 3.63) is 87.7 Å². The van der Waals surface area contributed by atoms with E-state index in [4.69, 9.17) is 21.1 Å². The summed E-state index contributed by atoms with van der Waals surface area (Å²) in [6.45, 7) is 3.51. The van der Waals surface area contributed by atoms with E-state index in [1.807, 2.05) is 68.1 Å². The van der Waals surface area contributed by atoms with Crippen LogP contribution < -0.4 is 10.5 Å². The Balaban J connectivity index is 1.54. The van der Waals surface area contributed by atoms with Gasteiger partial charge in [-0.05, 0) is 41.5 Å². The first-order chi connectivity index (χ1) is 17.9. The second kappa shape index (κ2) is 10.8. The third-order valence-electron chi connectivity index (χ3n) is 6.33. The molecule has 3 aromatic heterocycles. The summed E-state index contributed by atoms with van der Waals surface area (Å²) in [7, 11) is 5.49. The van der Waals surface area contributed by atoms with Gasteiger partial charge in [0.2, 0.25) is 0 Å². The minimum atomic E-state index is -0.148. The van der Waals surface area contributed by atoms with Gasteiger partial charge in [0.05, 0.1) is 37.4 Å². The summed E-state index contributed by atoms with van der Waals surface area (Å²) in [6.07, 6.45) is 7.51. The summed E-state index contributed by atoms with van der Waals surface area (Å²) in [5.74, 6) is 0. The number of rotatable bonds is 7. The molecule has 1 aliphatic heterocycles. The number of nitrogens with zero attached hydrogens (tertiary/aromatic N) is 4. The van der Waals surface area contributed by atoms with E-state index in [2.05, 4.69) is 20.9 Å². The Morgan fingerprint density at radius 1 is 1.22 bits per heavy atom. The van der Waals surface area contributed by atoms with Crippen molar-refractivity contribution in [3.8, 4) is 11.1 Å². The van der Waals surface area contributed by atoms with Gasteiger partial charge in [0.25, 0.3) is 5.56 Å². The molecule has 5 rings (SSSR count). The number of morpholine rings is 1. The van der Waals surface area contributed by atoms with Crippen molar-refractivity contribution < 1.29 is 9.47 Å². The second-order valence-electron chi connectivity index (χ2n) is 9.27. The van der Waals surface area contributed by atoms with Crippen molar-refractivity contribution in [2.45, 2.75) is 6.61 Å². The van der Waals surface area contributed by atoms with Gasteiger partial charge in [-0.1, -0.05) is 11.6 Å². The Hall–Kier alpha value is -3.59. The smallest absolute Gasteiger partial charge is 0.255 e. The van der Waals surface area contributed by atoms with Crippen molar-refractivity contribution in [2.75, 3.05) is 52.4 Å². The highest BCUT2D eigenvalue weighted by Crippen LogP contribution is 2.31. The SMILES string of the molecule is COCc1cc(Cl)cc(/C(=C/N(C)C)n2ccc(-c3c[nH]c4ncc(N5CCOCC5)cc34)cc2=O)c1. The first-order valence-corrected chi connectivity index (χ1v) is 12.5. The monoisotopic (exact) mass is 519 g/mol. The first-order valence-electron chi connectivity index (χ1n) is 12.1. The van der Waals surface area contributed by atoms with E-state index in [1.165, 1.54) is 0 Å². The molecule has 192 valence electrons. The van der Waals surface area contributed by atoms with Crippen LogP contribution in [-0.4, -0.2) is 66.9 Å². The summed E-state index contributed by atoms with van der Waals surface area (Å²) in [6, 6.07) is 11.5. The molecule has 8 nitrogen and oxygen atoms in total. The molecule has 37 heavy (non-hydrogen) atoms. The van der Waals surface area contributed by atoms with Crippen LogP contribution in [-0.2, 0) is 16.1 Å². The lowest BCUT2D eigenvalue weighted by molar-refractivity contribution is 0.122. The standard InChI is InChI=1S/C28H30ClN5O3/c1-32(2)17-26(21-10-19(18-36-3)11-22(29)12-21)34-5-4-20(13-27(34)35)25-16-31-28-24(25)14-23(15-30-28)33-6-8-37-9-7-33/h4-5,10-17H,6-9,18H2,1-3H3,(H,30,31)/b26-17-. The predicted octanol–water partition coefficient (Wildman–Crippen LogP) is 4.44. The number of pyridine rings is 2. The van der Waals surface area contributed by atoms with Gasteiger partial charge in [-0.3, -0.25) is 9.36 Å². The summed E-state index contributed by atoms with van der Waals surface area (Å²) in [4.78, 5) is 25.5. The molecular weight excluding hydrogens is 490 g/mol. The number of ether oxygens (including phenoxy) is 2. The lowest BCUT2D eigenvalue weighted by Gasteiger charge is -2.28. The fraction of sp³-hybridized carbons (Fsp3) is 0.286. The number of anilines is 1. The van der Waals surface area contributed by atoms with E-state index in [-0.39, 0.29) is 5.56 Å². The molecule has 0 saturated carbocycles. The minimum Gasteiger partial charge on any atom is -0.382 e. The second-order valence-corrected chi connectivity index (χ2v) is 9.71. The number of benzene rings is 1. The highest BCUT2D eigenvalue weighted by molar-refractivity contribution is 6.30. The zero-order valence-electron chi connectivity index (χ0n) is 21.2. The van der Waals surface area contributed by atoms with Crippen LogP contribution in [0.25, 0.3) is 27.9 Å². The molecule has 0 radical (unpaired) electrons. The Morgan fingerprint density at radius 2 is 2.03 bits per heavy atom. The van der Waals surface area contributed by atoms with Crippen LogP contribution in [0.4, 0.5) is 5.69 Å². The van der Waals surface area contributed by atoms with Gasteiger partial charge in [0, 0.05) is 80.5 Å². The van der Waals surface area contributed by atoms with E-state index in [0.29, 0.717) is 24.8 Å². The molecule has 0 unspecified atom stereocenters. The number of aromatic nitrogens is 3. The maximum Gasteiger partial charge on any atom is 0.255 e. The molecule has 0 atom stereocenters. The maximum absolute atomic E-state index is 13.5. The number of hydrogen-bond donors (Lipinski definition) is 1. The number of fused-ring (bicyclic) bond motifs is 1. The van der Waals surface area contributed by atoms with Crippen LogP contribution in [0, 0.1) is 0 Å². The van der Waals surface area contributed by atoms with E-state index in [9.17, 15) is 4.79 Å². The van der Waals surface area contributed by atoms with Crippen molar-refractivity contribution in [2.24, 2.45) is 0 Å². The van der Waals surface area contributed by atoms with Gasteiger partial charge in [0.15, 0.2) is 0 Å². The maximum atomic E-state index is 13.5. The first kappa shape index (κ1) is 25.1. The molecule has 1 aliphatic rings. The zero-order chi connectivity index (χ0) is 25.9. The topological polar surface area (TPSA) is 75.6 Å². The number of methoxy groups -OCH3 is 1. The quantitative estimate of drug-likeness (QED) is 0.389. The molecule has 0 aliphatic carbocycles. The van der Waals surface area contributed by atoms with E-state index in [0.717, 1.165) is 57.8 Å². The van der Waals surface area contributed by atoms with Gasteiger partial charge in [-0.25, -0.2) is 4.98 Å². The Kier molecular flexibility index (Phi) is 7.32. The van der Waals surface area contributed by atoms with Crippen LogP contribution >= 0.6 is 11.6 Å². The van der Waals surface area contributed by atoms with Crippen molar-refractivity contribution in [3.63, 3.8) is 0 Å². The average molecular weight is 520 g/mol. The minimum absolute atomic E-state index is 0.148. The van der Waals surface area contributed by atoms with Crippen molar-refractivity contribution in [1.82, 2.24) is 19.4 Å². The normalized spacial score (nSPS) is 14.4. The third kappa shape index (κ3) is 5.41. The molecule has 0 bridgehead atoms. The molecule has 1 N–H and O–H groups in total. The number of halogens is 1. The van der Waals surface area contributed by atoms with E-state index >= 15 is 0 Å². The van der Waals surface area contributed by atoms with Crippen molar-refractivity contribution >= 4 is 34.0 Å². The lowest BCUT2D eigenvalue weighted by Crippen LogP contribution is -2.36. The van der Waals surface area contributed by atoms with Gasteiger partial charge in [-0.15, -0.1) is 0 Å². The Labute approximate surface area is 220 Å². The molecule has 4 heterocycles. The van der Waals surface area contributed by atoms with Crippen LogP contribution in [0.15, 0.2) is 66.0 Å². The number of H-pyrrole nitrogens is 1. The predicted molar refractivity (Wildman–Crippen MR) is 148 cm³/mol. The number of hydrogen-bond acceptors (Lipinski definition) is 6. The third-order valence-corrected chi connectivity index (χ3v) is 6.55. The van der Waals surface area contributed by atoms with Gasteiger partial charge < -0.3 is 24.3 Å². The van der Waals surface area contributed by atoms with Crippen molar-refractivity contribution in [1.29, 1.82) is 0 Å². The van der Waals surface area contributed by atoms with Gasteiger partial charge >= 0.3 is 0 Å². The number of nitrogens with one attached hydrogen (secondary N) is 1. The summed E-state index contributed by atoms with van der Waals surface area (Å²) in [5.41, 5.74) is 5.93. The van der Waals surface area contributed by atoms with Crippen LogP contribution in [0.1, 0.15) is 11.1 Å².